The van der Waals surface area contributed by atoms with Gasteiger partial charge in [0.2, 0.25) is 0 Å². The van der Waals surface area contributed by atoms with Crippen LogP contribution in [0, 0.1) is 0 Å². The number of hydrogen-bond acceptors (Lipinski definition) is 3. The van der Waals surface area contributed by atoms with E-state index in [9.17, 15) is 0 Å². The van der Waals surface area contributed by atoms with Gasteiger partial charge in [0.1, 0.15) is 0 Å². The third-order valence-corrected chi connectivity index (χ3v) is 1.61. The zero-order chi connectivity index (χ0) is 7.56. The normalized spacial score (nSPS) is 24.9. The highest BCUT2D eigenvalue weighted by atomic mass is 15.2. The molecular formula is C7H13N3. The van der Waals surface area contributed by atoms with Gasteiger partial charge < -0.3 is 16.4 Å². The molecule has 0 fully saturated rings. The topological polar surface area (TPSA) is 55.3 Å². The molecule has 0 aromatic rings. The van der Waals surface area contributed by atoms with Gasteiger partial charge in [0, 0.05) is 19.8 Å². The zero-order valence-corrected chi connectivity index (χ0v) is 6.12. The summed E-state index contributed by atoms with van der Waals surface area (Å²) in [4.78, 5) is 1.93. The fourth-order valence-electron chi connectivity index (χ4n) is 0.841. The van der Waals surface area contributed by atoms with Crippen LogP contribution < -0.4 is 11.5 Å². The SMILES string of the molecule is CN1C=CC(CN)=CC1N. The fourth-order valence-corrected chi connectivity index (χ4v) is 0.841. The van der Waals surface area contributed by atoms with Crippen LogP contribution in [0.2, 0.25) is 0 Å². The zero-order valence-electron chi connectivity index (χ0n) is 6.12. The van der Waals surface area contributed by atoms with Gasteiger partial charge in [-0.25, -0.2) is 0 Å². The Kier molecular flexibility index (Phi) is 2.09. The molecule has 0 saturated heterocycles. The summed E-state index contributed by atoms with van der Waals surface area (Å²) in [7, 11) is 1.94. The van der Waals surface area contributed by atoms with E-state index in [0.29, 0.717) is 6.54 Å². The fraction of sp³-hybridized carbons (Fsp3) is 0.429. The van der Waals surface area contributed by atoms with Crippen molar-refractivity contribution in [1.82, 2.24) is 4.90 Å². The van der Waals surface area contributed by atoms with Crippen LogP contribution in [0.25, 0.3) is 0 Å². The average molecular weight is 139 g/mol. The quantitative estimate of drug-likeness (QED) is 0.520. The standard InChI is InChI=1S/C7H13N3/c1-10-3-2-6(5-8)4-7(10)9/h2-4,7H,5,8-9H2,1H3. The van der Waals surface area contributed by atoms with Gasteiger partial charge in [0.15, 0.2) is 0 Å². The van der Waals surface area contributed by atoms with Gasteiger partial charge in [-0.05, 0) is 17.7 Å². The molecule has 3 nitrogen and oxygen atoms in total. The summed E-state index contributed by atoms with van der Waals surface area (Å²) in [5, 5.41) is 0. The van der Waals surface area contributed by atoms with E-state index in [1.165, 1.54) is 0 Å². The molecule has 1 unspecified atom stereocenters. The molecule has 4 N–H and O–H groups in total. The van der Waals surface area contributed by atoms with E-state index in [-0.39, 0.29) is 6.17 Å². The van der Waals surface area contributed by atoms with Crippen LogP contribution >= 0.6 is 0 Å². The van der Waals surface area contributed by atoms with Gasteiger partial charge in [-0.15, -0.1) is 0 Å². The minimum Gasteiger partial charge on any atom is -0.362 e. The van der Waals surface area contributed by atoms with Crippen LogP contribution in [-0.2, 0) is 0 Å². The molecule has 1 atom stereocenters. The Hall–Kier alpha value is -0.800. The van der Waals surface area contributed by atoms with Crippen LogP contribution in [-0.4, -0.2) is 24.7 Å². The Morgan fingerprint density at radius 3 is 2.90 bits per heavy atom. The maximum atomic E-state index is 5.69. The lowest BCUT2D eigenvalue weighted by Crippen LogP contribution is -2.36. The van der Waals surface area contributed by atoms with E-state index in [4.69, 9.17) is 11.5 Å². The number of hydrogen-bond donors (Lipinski definition) is 2. The molecule has 0 aromatic heterocycles. The van der Waals surface area contributed by atoms with Crippen molar-refractivity contribution in [3.8, 4) is 0 Å². The van der Waals surface area contributed by atoms with Crippen molar-refractivity contribution >= 4 is 0 Å². The molecule has 0 spiro atoms. The number of likely N-dealkylation sites (N-methyl/N-ethyl adjacent to an activating group) is 1. The van der Waals surface area contributed by atoms with Crippen molar-refractivity contribution in [2.75, 3.05) is 13.6 Å². The third-order valence-electron chi connectivity index (χ3n) is 1.61. The first-order valence-electron chi connectivity index (χ1n) is 3.30. The lowest BCUT2D eigenvalue weighted by atomic mass is 10.2. The van der Waals surface area contributed by atoms with Crippen LogP contribution in [0.3, 0.4) is 0 Å². The van der Waals surface area contributed by atoms with E-state index in [1.807, 2.05) is 30.3 Å². The van der Waals surface area contributed by atoms with Gasteiger partial charge in [-0.3, -0.25) is 0 Å². The highest BCUT2D eigenvalue weighted by Crippen LogP contribution is 2.06. The van der Waals surface area contributed by atoms with Gasteiger partial charge in [-0.1, -0.05) is 0 Å². The summed E-state index contributed by atoms with van der Waals surface area (Å²) in [5.74, 6) is 0. The van der Waals surface area contributed by atoms with Crippen molar-refractivity contribution in [3.63, 3.8) is 0 Å². The predicted octanol–water partition coefficient (Wildman–Crippen LogP) is -0.385. The maximum absolute atomic E-state index is 5.69. The van der Waals surface area contributed by atoms with Crippen LogP contribution in [0.1, 0.15) is 0 Å². The first kappa shape index (κ1) is 7.31. The Balaban J connectivity index is 2.66. The molecule has 56 valence electrons. The van der Waals surface area contributed by atoms with Gasteiger partial charge in [0.25, 0.3) is 0 Å². The van der Waals surface area contributed by atoms with E-state index in [1.54, 1.807) is 0 Å². The molecule has 0 bridgehead atoms. The van der Waals surface area contributed by atoms with Gasteiger partial charge >= 0.3 is 0 Å². The molecule has 1 aliphatic rings. The van der Waals surface area contributed by atoms with E-state index < -0.39 is 0 Å². The Morgan fingerprint density at radius 2 is 2.40 bits per heavy atom. The van der Waals surface area contributed by atoms with E-state index >= 15 is 0 Å². The molecule has 10 heavy (non-hydrogen) atoms. The summed E-state index contributed by atoms with van der Waals surface area (Å²) in [5.41, 5.74) is 12.2. The minimum absolute atomic E-state index is 0.0106. The first-order chi connectivity index (χ1) is 4.74. The number of nitrogens with zero attached hydrogens (tertiary/aromatic N) is 1. The molecule has 1 heterocycles. The Bertz CT molecular complexity index is 172. The highest BCUT2D eigenvalue weighted by molar-refractivity contribution is 5.25. The van der Waals surface area contributed by atoms with Crippen LogP contribution in [0.5, 0.6) is 0 Å². The summed E-state index contributed by atoms with van der Waals surface area (Å²) in [6, 6.07) is 0. The maximum Gasteiger partial charge on any atom is 0.0959 e. The lowest BCUT2D eigenvalue weighted by molar-refractivity contribution is 0.386. The predicted molar refractivity (Wildman–Crippen MR) is 42.0 cm³/mol. The Morgan fingerprint density at radius 1 is 1.70 bits per heavy atom. The van der Waals surface area contributed by atoms with Crippen molar-refractivity contribution in [2.45, 2.75) is 6.17 Å². The molecule has 3 heteroatoms. The van der Waals surface area contributed by atoms with Gasteiger partial charge in [-0.2, -0.15) is 0 Å². The van der Waals surface area contributed by atoms with Crippen LogP contribution in [0.4, 0.5) is 0 Å². The second-order valence-electron chi connectivity index (χ2n) is 2.42. The molecule has 0 amide bonds. The van der Waals surface area contributed by atoms with E-state index in [2.05, 4.69) is 0 Å². The monoisotopic (exact) mass is 139 g/mol. The van der Waals surface area contributed by atoms with Crippen LogP contribution in [0.15, 0.2) is 23.9 Å². The largest absolute Gasteiger partial charge is 0.362 e. The third kappa shape index (κ3) is 1.37. The Labute approximate surface area is 61.0 Å². The second-order valence-corrected chi connectivity index (χ2v) is 2.42. The average Bonchev–Trinajstić information content (AvgIpc) is 1.95. The molecule has 0 saturated carbocycles. The molecular weight excluding hydrogens is 126 g/mol. The number of rotatable bonds is 1. The minimum atomic E-state index is -0.0106. The molecule has 1 rings (SSSR count). The van der Waals surface area contributed by atoms with Crippen molar-refractivity contribution in [2.24, 2.45) is 11.5 Å². The van der Waals surface area contributed by atoms with Crippen molar-refractivity contribution in [1.29, 1.82) is 0 Å². The molecule has 1 aliphatic heterocycles. The first-order valence-corrected chi connectivity index (χ1v) is 3.30. The summed E-state index contributed by atoms with van der Waals surface area (Å²) < 4.78 is 0. The molecule has 0 radical (unpaired) electrons. The van der Waals surface area contributed by atoms with Crippen molar-refractivity contribution in [3.05, 3.63) is 23.9 Å². The highest BCUT2D eigenvalue weighted by Gasteiger charge is 2.06. The second kappa shape index (κ2) is 2.86. The summed E-state index contributed by atoms with van der Waals surface area (Å²) >= 11 is 0. The summed E-state index contributed by atoms with van der Waals surface area (Å²) in [6.07, 6.45) is 5.86. The molecule has 0 aromatic carbocycles. The lowest BCUT2D eigenvalue weighted by Gasteiger charge is -2.24. The number of nitrogens with two attached hydrogens (primary N) is 2. The van der Waals surface area contributed by atoms with E-state index in [0.717, 1.165) is 5.57 Å². The smallest absolute Gasteiger partial charge is 0.0959 e. The summed E-state index contributed by atoms with van der Waals surface area (Å²) in [6.45, 7) is 0.567. The van der Waals surface area contributed by atoms with Gasteiger partial charge in [0.05, 0.1) is 6.17 Å². The molecule has 0 aliphatic carbocycles. The van der Waals surface area contributed by atoms with Crippen molar-refractivity contribution < 1.29 is 0 Å².